The van der Waals surface area contributed by atoms with Crippen LogP contribution in [0.2, 0.25) is 0 Å². The predicted molar refractivity (Wildman–Crippen MR) is 180 cm³/mol. The number of anilines is 2. The normalized spacial score (nSPS) is 14.2. The van der Waals surface area contributed by atoms with Crippen LogP contribution in [0.15, 0.2) is 66.7 Å². The molecule has 0 aliphatic heterocycles. The summed E-state index contributed by atoms with van der Waals surface area (Å²) in [5.74, 6) is -2.28. The van der Waals surface area contributed by atoms with Gasteiger partial charge in [0.25, 0.3) is 0 Å². The average Bonchev–Trinajstić information content (AvgIpc) is 3.02. The quantitative estimate of drug-likeness (QED) is 0.140. The second-order valence-electron chi connectivity index (χ2n) is 12.3. The molecule has 246 valence electrons. The zero-order valence-electron chi connectivity index (χ0n) is 27.6. The van der Waals surface area contributed by atoms with E-state index < -0.39 is 17.5 Å². The second-order valence-corrected chi connectivity index (χ2v) is 12.3. The fourth-order valence-corrected chi connectivity index (χ4v) is 6.18. The molecule has 1 aliphatic carbocycles. The minimum absolute atomic E-state index is 0. The summed E-state index contributed by atoms with van der Waals surface area (Å²) in [6, 6.07) is 22.2. The number of carboxylic acid groups (broad SMARTS) is 1. The molecule has 1 fully saturated rings. The van der Waals surface area contributed by atoms with Crippen molar-refractivity contribution in [3.05, 3.63) is 111 Å². The van der Waals surface area contributed by atoms with Gasteiger partial charge in [-0.1, -0.05) is 67.8 Å². The number of nitrogens with zero attached hydrogens (tertiary/aromatic N) is 1. The minimum Gasteiger partial charge on any atom is -0.545 e. The van der Waals surface area contributed by atoms with E-state index in [-0.39, 0.29) is 40.3 Å². The molecule has 1 aliphatic rings. The first-order chi connectivity index (χ1) is 21.5. The van der Waals surface area contributed by atoms with Crippen molar-refractivity contribution >= 4 is 17.3 Å². The van der Waals surface area contributed by atoms with Crippen molar-refractivity contribution in [3.8, 4) is 11.5 Å². The SMILES string of the molecule is Cc1cccc(C)c1NC(C)c1cccc(C(C)Nc2c(C)cccc2C)n1.O=C([O-])c1c(C2CCCCC2)ccc(O)c1O.[Co+]. The predicted octanol–water partition coefficient (Wildman–Crippen LogP) is 8.17. The fraction of sp³-hybridized carbons (Fsp3) is 0.368. The van der Waals surface area contributed by atoms with Crippen LogP contribution >= 0.6 is 0 Å². The van der Waals surface area contributed by atoms with E-state index in [0.29, 0.717) is 5.56 Å². The Bertz CT molecular complexity index is 1520. The summed E-state index contributed by atoms with van der Waals surface area (Å²) in [4.78, 5) is 16.0. The van der Waals surface area contributed by atoms with E-state index in [1.54, 1.807) is 6.07 Å². The third kappa shape index (κ3) is 8.83. The molecule has 4 aromatic rings. The summed E-state index contributed by atoms with van der Waals surface area (Å²) in [6.45, 7) is 12.9. The number of aryl methyl sites for hydroxylation is 4. The van der Waals surface area contributed by atoms with E-state index in [9.17, 15) is 20.1 Å². The van der Waals surface area contributed by atoms with Gasteiger partial charge in [0.15, 0.2) is 11.5 Å². The van der Waals surface area contributed by atoms with Gasteiger partial charge in [-0.05, 0) is 106 Å². The first kappa shape index (κ1) is 36.5. The van der Waals surface area contributed by atoms with Crippen LogP contribution in [-0.2, 0) is 16.8 Å². The van der Waals surface area contributed by atoms with E-state index in [1.807, 2.05) is 0 Å². The Morgan fingerprint density at radius 1 is 0.739 bits per heavy atom. The number of hydrogen-bond donors (Lipinski definition) is 4. The molecule has 0 saturated heterocycles. The van der Waals surface area contributed by atoms with Crippen molar-refractivity contribution in [2.24, 2.45) is 0 Å². The van der Waals surface area contributed by atoms with Crippen LogP contribution in [0.3, 0.4) is 0 Å². The summed E-state index contributed by atoms with van der Waals surface area (Å²) >= 11 is 0. The summed E-state index contributed by atoms with van der Waals surface area (Å²) in [6.07, 6.45) is 5.15. The Kier molecular flexibility index (Phi) is 13.1. The average molecular weight is 668 g/mol. The number of aromatic carboxylic acids is 1. The Morgan fingerprint density at radius 3 is 1.61 bits per heavy atom. The Morgan fingerprint density at radius 2 is 1.17 bits per heavy atom. The molecule has 1 heterocycles. The maximum absolute atomic E-state index is 11.1. The van der Waals surface area contributed by atoms with E-state index in [1.165, 1.54) is 46.1 Å². The molecule has 4 N–H and O–H groups in total. The topological polar surface area (TPSA) is 118 Å². The monoisotopic (exact) mass is 667 g/mol. The molecule has 2 unspecified atom stereocenters. The maximum Gasteiger partial charge on any atom is 1.00 e. The summed E-state index contributed by atoms with van der Waals surface area (Å²) in [7, 11) is 0. The van der Waals surface area contributed by atoms with Gasteiger partial charge in [-0.3, -0.25) is 4.98 Å². The van der Waals surface area contributed by atoms with Gasteiger partial charge >= 0.3 is 16.8 Å². The van der Waals surface area contributed by atoms with Crippen molar-refractivity contribution in [2.75, 3.05) is 10.6 Å². The minimum atomic E-state index is -1.43. The summed E-state index contributed by atoms with van der Waals surface area (Å²) in [5.41, 5.74) is 9.86. The zero-order valence-corrected chi connectivity index (χ0v) is 28.7. The van der Waals surface area contributed by atoms with Gasteiger partial charge < -0.3 is 30.7 Å². The van der Waals surface area contributed by atoms with Crippen molar-refractivity contribution in [3.63, 3.8) is 0 Å². The fourth-order valence-electron chi connectivity index (χ4n) is 6.18. The van der Waals surface area contributed by atoms with Crippen LogP contribution in [0.1, 0.15) is 114 Å². The molecular formula is C38H46CoN3O4. The molecule has 0 amide bonds. The number of benzene rings is 3. The van der Waals surface area contributed by atoms with Crippen LogP contribution in [0.4, 0.5) is 11.4 Å². The van der Waals surface area contributed by atoms with Crippen LogP contribution in [0.5, 0.6) is 11.5 Å². The largest absolute Gasteiger partial charge is 1.00 e. The second kappa shape index (κ2) is 16.5. The number of para-hydroxylation sites is 2. The number of pyridine rings is 1. The third-order valence-corrected chi connectivity index (χ3v) is 8.80. The van der Waals surface area contributed by atoms with Gasteiger partial charge in [-0.25, -0.2) is 0 Å². The van der Waals surface area contributed by atoms with E-state index in [0.717, 1.165) is 37.1 Å². The standard InChI is InChI=1S/C25H31N3.C13H16O4.Co/c1-16-10-7-11-17(2)24(16)26-20(5)22-14-9-15-23(28-22)21(6)27-25-18(3)12-8-13-19(25)4;14-10-7-6-9(8-4-2-1-3-5-8)11(12(10)15)13(16)17;/h7-15,20-21,26-27H,1-6H3;6-8,14-15H,1-5H2,(H,16,17);/q;;+1/p-1. The number of carboxylic acids is 1. The van der Waals surface area contributed by atoms with Gasteiger partial charge in [-0.2, -0.15) is 0 Å². The number of aromatic nitrogens is 1. The molecule has 3 aromatic carbocycles. The molecule has 2 atom stereocenters. The van der Waals surface area contributed by atoms with Crippen molar-refractivity contribution < 1.29 is 36.9 Å². The van der Waals surface area contributed by atoms with Gasteiger partial charge in [0, 0.05) is 16.9 Å². The molecule has 5 rings (SSSR count). The summed E-state index contributed by atoms with van der Waals surface area (Å²) < 4.78 is 0. The molecule has 46 heavy (non-hydrogen) atoms. The molecule has 1 saturated carbocycles. The number of aromatic hydroxyl groups is 2. The third-order valence-electron chi connectivity index (χ3n) is 8.80. The van der Waals surface area contributed by atoms with Crippen molar-refractivity contribution in [2.45, 2.75) is 91.6 Å². The number of hydrogen-bond acceptors (Lipinski definition) is 7. The van der Waals surface area contributed by atoms with Crippen LogP contribution in [0, 0.1) is 27.7 Å². The number of carbonyl (C=O) groups excluding carboxylic acids is 1. The van der Waals surface area contributed by atoms with Crippen LogP contribution in [-0.4, -0.2) is 21.2 Å². The van der Waals surface area contributed by atoms with Gasteiger partial charge in [0.05, 0.1) is 29.4 Å². The van der Waals surface area contributed by atoms with E-state index in [2.05, 4.69) is 107 Å². The van der Waals surface area contributed by atoms with Gasteiger partial charge in [0.2, 0.25) is 0 Å². The smallest absolute Gasteiger partial charge is 0.545 e. The number of rotatable bonds is 8. The van der Waals surface area contributed by atoms with Gasteiger partial charge in [-0.15, -0.1) is 0 Å². The van der Waals surface area contributed by atoms with Crippen LogP contribution in [0.25, 0.3) is 0 Å². The first-order valence-electron chi connectivity index (χ1n) is 15.9. The molecule has 0 radical (unpaired) electrons. The first-order valence-corrected chi connectivity index (χ1v) is 15.9. The van der Waals surface area contributed by atoms with Crippen molar-refractivity contribution in [1.82, 2.24) is 4.98 Å². The maximum atomic E-state index is 11.1. The van der Waals surface area contributed by atoms with Gasteiger partial charge in [0.1, 0.15) is 0 Å². The Labute approximate surface area is 283 Å². The molecule has 7 nitrogen and oxygen atoms in total. The number of phenolic OH excluding ortho intramolecular Hbond substituents is 1. The number of carbonyl (C=O) groups is 1. The Hall–Kier alpha value is -4.01. The zero-order chi connectivity index (χ0) is 32.7. The summed E-state index contributed by atoms with van der Waals surface area (Å²) in [5, 5.41) is 37.3. The molecule has 0 spiro atoms. The molecule has 8 heteroatoms. The molecule has 0 bridgehead atoms. The number of nitrogens with one attached hydrogen (secondary N) is 2. The van der Waals surface area contributed by atoms with E-state index >= 15 is 0 Å². The van der Waals surface area contributed by atoms with E-state index in [4.69, 9.17) is 4.98 Å². The molecular weight excluding hydrogens is 621 g/mol. The Balaban J connectivity index is 0.000000274. The number of phenols is 2. The van der Waals surface area contributed by atoms with Crippen molar-refractivity contribution in [1.29, 1.82) is 0 Å². The molecule has 1 aromatic heterocycles. The van der Waals surface area contributed by atoms with Crippen LogP contribution < -0.4 is 15.7 Å².